The van der Waals surface area contributed by atoms with Gasteiger partial charge in [-0.1, -0.05) is 19.1 Å². The summed E-state index contributed by atoms with van der Waals surface area (Å²) in [6.45, 7) is 9.12. The van der Waals surface area contributed by atoms with E-state index in [0.29, 0.717) is 18.0 Å². The number of carbonyl (C=O) groups is 2. The fourth-order valence-corrected chi connectivity index (χ4v) is 3.46. The topological polar surface area (TPSA) is 53.1 Å². The van der Waals surface area contributed by atoms with Crippen LogP contribution in [0.4, 0.5) is 5.69 Å². The Kier molecular flexibility index (Phi) is 5.16. The first kappa shape index (κ1) is 16.9. The lowest BCUT2D eigenvalue weighted by atomic mass is 10.1. The van der Waals surface area contributed by atoms with E-state index in [1.54, 1.807) is 12.1 Å². The second-order valence-corrected chi connectivity index (χ2v) is 6.16. The van der Waals surface area contributed by atoms with Crippen LogP contribution in [-0.2, 0) is 9.59 Å². The second-order valence-electron chi connectivity index (χ2n) is 6.16. The third kappa shape index (κ3) is 3.16. The molecule has 3 rings (SSSR count). The van der Waals surface area contributed by atoms with E-state index in [4.69, 9.17) is 4.74 Å². The van der Waals surface area contributed by atoms with Crippen LogP contribution in [0.2, 0.25) is 0 Å². The smallest absolute Gasteiger partial charge is 0.251 e. The quantitative estimate of drug-likeness (QED) is 0.763. The molecule has 0 bridgehead atoms. The summed E-state index contributed by atoms with van der Waals surface area (Å²) >= 11 is 0. The van der Waals surface area contributed by atoms with Gasteiger partial charge in [-0.15, -0.1) is 0 Å². The number of piperazine rings is 1. The van der Waals surface area contributed by atoms with Crippen molar-refractivity contribution in [3.63, 3.8) is 0 Å². The van der Waals surface area contributed by atoms with Crippen LogP contribution in [0.3, 0.4) is 0 Å². The van der Waals surface area contributed by atoms with Crippen molar-refractivity contribution in [1.29, 1.82) is 0 Å². The molecule has 0 aromatic heterocycles. The number of imide groups is 1. The van der Waals surface area contributed by atoms with Gasteiger partial charge in [-0.2, -0.15) is 0 Å². The van der Waals surface area contributed by atoms with Crippen molar-refractivity contribution >= 4 is 17.5 Å². The van der Waals surface area contributed by atoms with Gasteiger partial charge >= 0.3 is 0 Å². The van der Waals surface area contributed by atoms with Gasteiger partial charge in [0.05, 0.1) is 24.8 Å². The monoisotopic (exact) mass is 331 g/mol. The first-order valence-corrected chi connectivity index (χ1v) is 8.70. The largest absolute Gasteiger partial charge is 0.492 e. The number of rotatable bonds is 5. The normalized spacial score (nSPS) is 23.1. The molecule has 0 N–H and O–H groups in total. The van der Waals surface area contributed by atoms with Crippen molar-refractivity contribution in [3.8, 4) is 5.75 Å². The molecule has 0 saturated carbocycles. The van der Waals surface area contributed by atoms with Crippen LogP contribution in [0.1, 0.15) is 20.3 Å². The average Bonchev–Trinajstić information content (AvgIpc) is 2.90. The molecule has 2 fully saturated rings. The Bertz CT molecular complexity index is 611. The van der Waals surface area contributed by atoms with Gasteiger partial charge in [0.25, 0.3) is 5.91 Å². The summed E-state index contributed by atoms with van der Waals surface area (Å²) in [6.07, 6.45) is 0.255. The standard InChI is InChI=1S/C18H25N3O3/c1-3-19-9-11-20(12-10-19)15-13-17(22)21(18(15)23)14-7-5-6-8-16(14)24-4-2/h5-8,15H,3-4,9-13H2,1-2H3. The van der Waals surface area contributed by atoms with Gasteiger partial charge in [0.2, 0.25) is 5.91 Å². The summed E-state index contributed by atoms with van der Waals surface area (Å²) in [5, 5.41) is 0. The lowest BCUT2D eigenvalue weighted by molar-refractivity contribution is -0.123. The number of ether oxygens (including phenoxy) is 1. The maximum absolute atomic E-state index is 12.9. The Balaban J connectivity index is 1.78. The molecule has 24 heavy (non-hydrogen) atoms. The van der Waals surface area contributed by atoms with Gasteiger partial charge in [0.15, 0.2) is 0 Å². The van der Waals surface area contributed by atoms with Crippen molar-refractivity contribution < 1.29 is 14.3 Å². The van der Waals surface area contributed by atoms with Crippen molar-refractivity contribution in [2.45, 2.75) is 26.3 Å². The highest BCUT2D eigenvalue weighted by Gasteiger charge is 2.44. The molecule has 2 saturated heterocycles. The highest BCUT2D eigenvalue weighted by Crippen LogP contribution is 2.33. The molecule has 6 nitrogen and oxygen atoms in total. The number of carbonyl (C=O) groups excluding carboxylic acids is 2. The van der Waals surface area contributed by atoms with Crippen molar-refractivity contribution in [2.24, 2.45) is 0 Å². The number of amides is 2. The molecule has 1 aromatic carbocycles. The molecule has 0 radical (unpaired) electrons. The van der Waals surface area contributed by atoms with E-state index in [1.807, 2.05) is 19.1 Å². The van der Waals surface area contributed by atoms with Crippen LogP contribution in [0.15, 0.2) is 24.3 Å². The predicted octanol–water partition coefficient (Wildman–Crippen LogP) is 1.35. The molecule has 2 heterocycles. The summed E-state index contributed by atoms with van der Waals surface area (Å²) in [5.41, 5.74) is 0.559. The van der Waals surface area contributed by atoms with Crippen molar-refractivity contribution in [1.82, 2.24) is 9.80 Å². The van der Waals surface area contributed by atoms with Crippen LogP contribution >= 0.6 is 0 Å². The highest BCUT2D eigenvalue weighted by molar-refractivity contribution is 6.23. The lowest BCUT2D eigenvalue weighted by Crippen LogP contribution is -2.52. The molecule has 1 atom stereocenters. The number of para-hydroxylation sites is 2. The van der Waals surface area contributed by atoms with Gasteiger partial charge in [-0.25, -0.2) is 4.90 Å². The van der Waals surface area contributed by atoms with Gasteiger partial charge in [-0.05, 0) is 25.6 Å². The van der Waals surface area contributed by atoms with Gasteiger partial charge in [0, 0.05) is 26.2 Å². The van der Waals surface area contributed by atoms with Crippen LogP contribution < -0.4 is 9.64 Å². The molecule has 2 aliphatic heterocycles. The number of benzene rings is 1. The predicted molar refractivity (Wildman–Crippen MR) is 92.2 cm³/mol. The van der Waals surface area contributed by atoms with E-state index in [2.05, 4.69) is 16.7 Å². The number of anilines is 1. The molecule has 1 unspecified atom stereocenters. The first-order chi connectivity index (χ1) is 11.7. The summed E-state index contributed by atoms with van der Waals surface area (Å²) in [4.78, 5) is 31.3. The zero-order chi connectivity index (χ0) is 17.1. The van der Waals surface area contributed by atoms with Crippen LogP contribution in [0.5, 0.6) is 5.75 Å². The number of likely N-dealkylation sites (N-methyl/N-ethyl adjacent to an activating group) is 1. The molecular weight excluding hydrogens is 306 g/mol. The minimum Gasteiger partial charge on any atom is -0.492 e. The number of hydrogen-bond acceptors (Lipinski definition) is 5. The zero-order valence-corrected chi connectivity index (χ0v) is 14.4. The molecule has 0 spiro atoms. The highest BCUT2D eigenvalue weighted by atomic mass is 16.5. The first-order valence-electron chi connectivity index (χ1n) is 8.70. The molecule has 2 amide bonds. The Morgan fingerprint density at radius 2 is 1.79 bits per heavy atom. The Morgan fingerprint density at radius 3 is 2.46 bits per heavy atom. The van der Waals surface area contributed by atoms with E-state index >= 15 is 0 Å². The van der Waals surface area contributed by atoms with E-state index in [0.717, 1.165) is 32.7 Å². The maximum atomic E-state index is 12.9. The van der Waals surface area contributed by atoms with Crippen molar-refractivity contribution in [2.75, 3.05) is 44.2 Å². The average molecular weight is 331 g/mol. The third-order valence-corrected chi connectivity index (χ3v) is 4.82. The molecule has 130 valence electrons. The SMILES string of the molecule is CCOc1ccccc1N1C(=O)CC(N2CCN(CC)CC2)C1=O. The minimum absolute atomic E-state index is 0.128. The van der Waals surface area contributed by atoms with Gasteiger partial charge in [0.1, 0.15) is 5.75 Å². The van der Waals surface area contributed by atoms with Crippen LogP contribution in [0, 0.1) is 0 Å². The summed E-state index contributed by atoms with van der Waals surface area (Å²) in [6, 6.07) is 6.91. The summed E-state index contributed by atoms with van der Waals surface area (Å²) in [5.74, 6) is 0.310. The fraction of sp³-hybridized carbons (Fsp3) is 0.556. The fourth-order valence-electron chi connectivity index (χ4n) is 3.46. The Labute approximate surface area is 143 Å². The number of nitrogens with zero attached hydrogens (tertiary/aromatic N) is 3. The van der Waals surface area contributed by atoms with Crippen molar-refractivity contribution in [3.05, 3.63) is 24.3 Å². The molecular formula is C18H25N3O3. The van der Waals surface area contributed by atoms with Gasteiger partial charge < -0.3 is 9.64 Å². The van der Waals surface area contributed by atoms with Crippen LogP contribution in [0.25, 0.3) is 0 Å². The Morgan fingerprint density at radius 1 is 1.08 bits per heavy atom. The number of hydrogen-bond donors (Lipinski definition) is 0. The summed E-state index contributed by atoms with van der Waals surface area (Å²) in [7, 11) is 0. The zero-order valence-electron chi connectivity index (χ0n) is 14.4. The molecule has 2 aliphatic rings. The minimum atomic E-state index is -0.341. The van der Waals surface area contributed by atoms with Crippen LogP contribution in [-0.4, -0.2) is 67.0 Å². The van der Waals surface area contributed by atoms with E-state index < -0.39 is 0 Å². The summed E-state index contributed by atoms with van der Waals surface area (Å²) < 4.78 is 5.59. The molecule has 6 heteroatoms. The lowest BCUT2D eigenvalue weighted by Gasteiger charge is -2.36. The van der Waals surface area contributed by atoms with Gasteiger partial charge in [-0.3, -0.25) is 14.5 Å². The van der Waals surface area contributed by atoms with E-state index in [-0.39, 0.29) is 24.3 Å². The Hall–Kier alpha value is -1.92. The molecule has 0 aliphatic carbocycles. The molecule has 1 aromatic rings. The van der Waals surface area contributed by atoms with E-state index in [1.165, 1.54) is 4.90 Å². The second kappa shape index (κ2) is 7.32. The third-order valence-electron chi connectivity index (χ3n) is 4.82. The van der Waals surface area contributed by atoms with E-state index in [9.17, 15) is 9.59 Å². The maximum Gasteiger partial charge on any atom is 0.251 e.